The van der Waals surface area contributed by atoms with Gasteiger partial charge in [0.1, 0.15) is 12.0 Å². The number of nitrogens with zero attached hydrogens (tertiary/aromatic N) is 1. The van der Waals surface area contributed by atoms with Crippen LogP contribution in [0.3, 0.4) is 0 Å². The maximum absolute atomic E-state index is 11.2. The normalized spacial score (nSPS) is 10.4. The van der Waals surface area contributed by atoms with Gasteiger partial charge in [-0.15, -0.1) is 0 Å². The van der Waals surface area contributed by atoms with Crippen molar-refractivity contribution < 1.29 is 28.6 Å². The maximum Gasteiger partial charge on any atom is 0.434 e. The molecule has 24 heavy (non-hydrogen) atoms. The first kappa shape index (κ1) is 21.3. The summed E-state index contributed by atoms with van der Waals surface area (Å²) in [5.74, 6) is -1.16. The molecule has 0 N–H and O–H groups in total. The third-order valence-corrected chi connectivity index (χ3v) is 2.26. The van der Waals surface area contributed by atoms with Crippen LogP contribution in [0.1, 0.15) is 32.8 Å². The van der Waals surface area contributed by atoms with Gasteiger partial charge in [-0.05, 0) is 26.3 Å². The van der Waals surface area contributed by atoms with E-state index >= 15 is 0 Å². The zero-order chi connectivity index (χ0) is 18.6. The molecule has 0 fully saturated rings. The molecule has 0 unspecified atom stereocenters. The van der Waals surface area contributed by atoms with E-state index in [1.54, 1.807) is 0 Å². The van der Waals surface area contributed by atoms with Crippen LogP contribution in [0, 0.1) is 0 Å². The number of carbonyl (C=O) groups is 3. The van der Waals surface area contributed by atoms with Gasteiger partial charge < -0.3 is 14.2 Å². The molecule has 1 aromatic rings. The Hall–Kier alpha value is -2.70. The van der Waals surface area contributed by atoms with E-state index in [1.807, 2.05) is 51.1 Å². The second-order valence-electron chi connectivity index (χ2n) is 5.48. The summed E-state index contributed by atoms with van der Waals surface area (Å²) in [4.78, 5) is 35.4. The van der Waals surface area contributed by atoms with Crippen LogP contribution < -0.4 is 0 Å². The molecule has 0 spiro atoms. The standard InChI is InChI=1S/C12H15NO2.C5H8O4/c1-12(2,3)15-11(14)13-9-10-7-5-4-6-8-10;1-8-4(6)3-5(7)9-2/h4-9H,1-3H3;3H2,1-2H3. The molecule has 0 radical (unpaired) electrons. The summed E-state index contributed by atoms with van der Waals surface area (Å²) in [5, 5.41) is 0. The van der Waals surface area contributed by atoms with E-state index in [1.165, 1.54) is 20.4 Å². The SMILES string of the molecule is CC(C)(C)OC(=O)N=Cc1ccccc1.COC(=O)CC(=O)OC. The number of aliphatic imine (C=N–C) groups is 1. The molecule has 0 saturated carbocycles. The Morgan fingerprint density at radius 2 is 1.50 bits per heavy atom. The van der Waals surface area contributed by atoms with Crippen LogP contribution in [0.4, 0.5) is 4.79 Å². The van der Waals surface area contributed by atoms with E-state index in [2.05, 4.69) is 14.5 Å². The fourth-order valence-electron chi connectivity index (χ4n) is 1.22. The van der Waals surface area contributed by atoms with Crippen LogP contribution in [-0.4, -0.2) is 44.1 Å². The third-order valence-electron chi connectivity index (χ3n) is 2.26. The van der Waals surface area contributed by atoms with Gasteiger partial charge in [0.15, 0.2) is 0 Å². The maximum atomic E-state index is 11.2. The molecule has 0 aliphatic heterocycles. The monoisotopic (exact) mass is 337 g/mol. The van der Waals surface area contributed by atoms with Gasteiger partial charge in [-0.3, -0.25) is 9.59 Å². The molecule has 0 aliphatic rings. The molecule has 0 atom stereocenters. The number of hydrogen-bond donors (Lipinski definition) is 0. The van der Waals surface area contributed by atoms with E-state index in [0.717, 1.165) is 5.56 Å². The summed E-state index contributed by atoms with van der Waals surface area (Å²) in [6.45, 7) is 5.43. The second kappa shape index (κ2) is 10.9. The average Bonchev–Trinajstić information content (AvgIpc) is 2.52. The van der Waals surface area contributed by atoms with Crippen molar-refractivity contribution in [2.24, 2.45) is 4.99 Å². The molecular formula is C17H23NO6. The topological polar surface area (TPSA) is 91.3 Å². The molecule has 1 aromatic carbocycles. The number of esters is 2. The Labute approximate surface area is 141 Å². The van der Waals surface area contributed by atoms with E-state index < -0.39 is 23.6 Å². The molecule has 1 rings (SSSR count). The summed E-state index contributed by atoms with van der Waals surface area (Å²) in [6.07, 6.45) is 0.618. The van der Waals surface area contributed by atoms with E-state index in [4.69, 9.17) is 4.74 Å². The molecule has 0 aromatic heterocycles. The minimum atomic E-state index is -0.582. The Balaban J connectivity index is 0.000000506. The minimum absolute atomic E-state index is 0.312. The highest BCUT2D eigenvalue weighted by Crippen LogP contribution is 2.07. The Morgan fingerprint density at radius 3 is 1.92 bits per heavy atom. The molecule has 0 aliphatic carbocycles. The summed E-state index contributed by atoms with van der Waals surface area (Å²) in [7, 11) is 2.43. The fraction of sp³-hybridized carbons (Fsp3) is 0.412. The quantitative estimate of drug-likeness (QED) is 0.364. The molecule has 1 amide bonds. The van der Waals surface area contributed by atoms with Crippen LogP contribution in [0.2, 0.25) is 0 Å². The van der Waals surface area contributed by atoms with Gasteiger partial charge in [0.25, 0.3) is 0 Å². The second-order valence-corrected chi connectivity index (χ2v) is 5.48. The van der Waals surface area contributed by atoms with Gasteiger partial charge in [0, 0.05) is 6.21 Å². The number of ether oxygens (including phenoxy) is 3. The lowest BCUT2D eigenvalue weighted by Crippen LogP contribution is -2.21. The van der Waals surface area contributed by atoms with Gasteiger partial charge in [-0.25, -0.2) is 4.79 Å². The first-order valence-electron chi connectivity index (χ1n) is 7.13. The van der Waals surface area contributed by atoms with Crippen molar-refractivity contribution in [2.45, 2.75) is 32.8 Å². The largest absolute Gasteiger partial charge is 0.469 e. The van der Waals surface area contributed by atoms with E-state index in [0.29, 0.717) is 0 Å². The lowest BCUT2D eigenvalue weighted by atomic mass is 10.2. The Bertz CT molecular complexity index is 546. The van der Waals surface area contributed by atoms with Crippen molar-refractivity contribution in [3.05, 3.63) is 35.9 Å². The van der Waals surface area contributed by atoms with Crippen LogP contribution in [0.25, 0.3) is 0 Å². The number of amides is 1. The van der Waals surface area contributed by atoms with Crippen molar-refractivity contribution in [3.63, 3.8) is 0 Å². The first-order chi connectivity index (χ1) is 11.2. The minimum Gasteiger partial charge on any atom is -0.469 e. The third kappa shape index (κ3) is 11.9. The molecule has 0 saturated heterocycles. The van der Waals surface area contributed by atoms with Gasteiger partial charge >= 0.3 is 18.0 Å². The summed E-state index contributed by atoms with van der Waals surface area (Å²) in [6, 6.07) is 9.42. The molecule has 7 heteroatoms. The molecule has 0 heterocycles. The van der Waals surface area contributed by atoms with Crippen LogP contribution in [0.15, 0.2) is 35.3 Å². The van der Waals surface area contributed by atoms with Gasteiger partial charge in [0.2, 0.25) is 0 Å². The predicted octanol–water partition coefficient (Wildman–Crippen LogP) is 2.76. The zero-order valence-corrected chi connectivity index (χ0v) is 14.6. The number of rotatable bonds is 3. The number of methoxy groups -OCH3 is 2. The fourth-order valence-corrected chi connectivity index (χ4v) is 1.22. The predicted molar refractivity (Wildman–Crippen MR) is 88.9 cm³/mol. The zero-order valence-electron chi connectivity index (χ0n) is 14.6. The van der Waals surface area contributed by atoms with Gasteiger partial charge in [-0.1, -0.05) is 30.3 Å². The van der Waals surface area contributed by atoms with E-state index in [9.17, 15) is 14.4 Å². The molecule has 7 nitrogen and oxygen atoms in total. The molecule has 0 bridgehead atoms. The highest BCUT2D eigenvalue weighted by atomic mass is 16.6. The lowest BCUT2D eigenvalue weighted by Gasteiger charge is -2.16. The average molecular weight is 337 g/mol. The van der Waals surface area contributed by atoms with Crippen LogP contribution in [-0.2, 0) is 23.8 Å². The summed E-state index contributed by atoms with van der Waals surface area (Å²) >= 11 is 0. The lowest BCUT2D eigenvalue weighted by molar-refractivity contribution is -0.151. The summed E-state index contributed by atoms with van der Waals surface area (Å²) < 4.78 is 13.4. The van der Waals surface area contributed by atoms with Crippen molar-refractivity contribution in [1.82, 2.24) is 0 Å². The Morgan fingerprint density at radius 1 is 1.00 bits per heavy atom. The van der Waals surface area contributed by atoms with Crippen molar-refractivity contribution in [3.8, 4) is 0 Å². The van der Waals surface area contributed by atoms with Crippen LogP contribution in [0.5, 0.6) is 0 Å². The number of carbonyl (C=O) groups excluding carboxylic acids is 3. The number of benzene rings is 1. The smallest absolute Gasteiger partial charge is 0.434 e. The van der Waals surface area contributed by atoms with E-state index in [-0.39, 0.29) is 6.42 Å². The molecular weight excluding hydrogens is 314 g/mol. The first-order valence-corrected chi connectivity index (χ1v) is 7.13. The van der Waals surface area contributed by atoms with Crippen molar-refractivity contribution in [2.75, 3.05) is 14.2 Å². The summed E-state index contributed by atoms with van der Waals surface area (Å²) in [5.41, 5.74) is 0.383. The molecule has 132 valence electrons. The van der Waals surface area contributed by atoms with Crippen LogP contribution >= 0.6 is 0 Å². The highest BCUT2D eigenvalue weighted by molar-refractivity contribution is 5.91. The Kier molecular flexibility index (Phi) is 9.70. The number of hydrogen-bond acceptors (Lipinski definition) is 6. The van der Waals surface area contributed by atoms with Crippen molar-refractivity contribution >= 4 is 24.2 Å². The highest BCUT2D eigenvalue weighted by Gasteiger charge is 2.14. The van der Waals surface area contributed by atoms with Crippen molar-refractivity contribution in [1.29, 1.82) is 0 Å². The van der Waals surface area contributed by atoms with Gasteiger partial charge in [0.05, 0.1) is 14.2 Å². The van der Waals surface area contributed by atoms with Gasteiger partial charge in [-0.2, -0.15) is 4.99 Å².